The largest absolute Gasteiger partial charge is 0.488 e. The Balaban J connectivity index is 2.05. The number of benzene rings is 2. The topological polar surface area (TPSA) is 29.5 Å². The monoisotopic (exact) mass is 274 g/mol. The molecular weight excluding hydrogens is 255 g/mol. The summed E-state index contributed by atoms with van der Waals surface area (Å²) in [5, 5.41) is 10.3. The van der Waals surface area contributed by atoms with Crippen molar-refractivity contribution in [3.05, 3.63) is 65.5 Å². The molecule has 0 aliphatic carbocycles. The van der Waals surface area contributed by atoms with Crippen molar-refractivity contribution in [2.75, 3.05) is 0 Å². The maximum atomic E-state index is 13.1. The van der Waals surface area contributed by atoms with Gasteiger partial charge in [-0.15, -0.1) is 0 Å². The zero-order valence-corrected chi connectivity index (χ0v) is 11.7. The van der Waals surface area contributed by atoms with Crippen LogP contribution in [0.4, 0.5) is 4.39 Å². The van der Waals surface area contributed by atoms with Gasteiger partial charge in [-0.3, -0.25) is 0 Å². The van der Waals surface area contributed by atoms with E-state index in [9.17, 15) is 9.50 Å². The van der Waals surface area contributed by atoms with Crippen molar-refractivity contribution >= 4 is 0 Å². The molecule has 0 amide bonds. The standard InChI is InChI=1S/C17H19FO2/c1-3-13-7-9-14(10-8-13)17(19)12(2)20-16-6-4-5-15(18)11-16/h4-12,17,19H,3H2,1-2H3. The molecule has 0 bridgehead atoms. The molecule has 2 rings (SSSR count). The molecule has 0 fully saturated rings. The molecule has 0 heterocycles. The maximum Gasteiger partial charge on any atom is 0.126 e. The third-order valence-corrected chi connectivity index (χ3v) is 3.29. The molecule has 0 saturated heterocycles. The highest BCUT2D eigenvalue weighted by Crippen LogP contribution is 2.22. The van der Waals surface area contributed by atoms with Crippen LogP contribution in [-0.2, 0) is 6.42 Å². The van der Waals surface area contributed by atoms with Gasteiger partial charge in [-0.2, -0.15) is 0 Å². The van der Waals surface area contributed by atoms with E-state index in [1.807, 2.05) is 24.3 Å². The predicted molar refractivity (Wildman–Crippen MR) is 77.3 cm³/mol. The third kappa shape index (κ3) is 3.58. The average Bonchev–Trinajstić information content (AvgIpc) is 2.46. The van der Waals surface area contributed by atoms with Crippen molar-refractivity contribution in [1.29, 1.82) is 0 Å². The van der Waals surface area contributed by atoms with Gasteiger partial charge in [-0.25, -0.2) is 4.39 Å². The van der Waals surface area contributed by atoms with Gasteiger partial charge in [-0.05, 0) is 36.6 Å². The number of halogens is 1. The van der Waals surface area contributed by atoms with Gasteiger partial charge in [0.15, 0.2) is 0 Å². The number of hydrogen-bond donors (Lipinski definition) is 1. The van der Waals surface area contributed by atoms with E-state index in [4.69, 9.17) is 4.74 Å². The van der Waals surface area contributed by atoms with Crippen LogP contribution < -0.4 is 4.74 Å². The number of aliphatic hydroxyl groups is 1. The molecule has 0 aliphatic heterocycles. The second-order valence-electron chi connectivity index (χ2n) is 4.82. The van der Waals surface area contributed by atoms with Gasteiger partial charge in [0.2, 0.25) is 0 Å². The molecule has 0 aliphatic rings. The van der Waals surface area contributed by atoms with Gasteiger partial charge in [0, 0.05) is 6.07 Å². The number of ether oxygens (including phenoxy) is 1. The molecule has 2 atom stereocenters. The lowest BCUT2D eigenvalue weighted by Crippen LogP contribution is -2.21. The normalized spacial score (nSPS) is 13.8. The van der Waals surface area contributed by atoms with Crippen molar-refractivity contribution in [3.63, 3.8) is 0 Å². The SMILES string of the molecule is CCc1ccc(C(O)C(C)Oc2cccc(F)c2)cc1. The van der Waals surface area contributed by atoms with Gasteiger partial charge in [0.1, 0.15) is 23.8 Å². The highest BCUT2D eigenvalue weighted by molar-refractivity contribution is 5.26. The minimum absolute atomic E-state index is 0.350. The van der Waals surface area contributed by atoms with Gasteiger partial charge in [0.05, 0.1) is 0 Å². The number of aliphatic hydroxyl groups excluding tert-OH is 1. The fraction of sp³-hybridized carbons (Fsp3) is 0.294. The highest BCUT2D eigenvalue weighted by Gasteiger charge is 2.18. The summed E-state index contributed by atoms with van der Waals surface area (Å²) < 4.78 is 18.7. The van der Waals surface area contributed by atoms with Crippen LogP contribution in [0, 0.1) is 5.82 Å². The molecule has 106 valence electrons. The molecule has 0 radical (unpaired) electrons. The smallest absolute Gasteiger partial charge is 0.126 e. The number of aryl methyl sites for hydroxylation is 1. The summed E-state index contributed by atoms with van der Waals surface area (Å²) in [6.07, 6.45) is -0.237. The molecule has 1 N–H and O–H groups in total. The molecule has 2 nitrogen and oxygen atoms in total. The van der Waals surface area contributed by atoms with E-state index in [0.717, 1.165) is 12.0 Å². The van der Waals surface area contributed by atoms with Crippen LogP contribution in [0.3, 0.4) is 0 Å². The summed E-state index contributed by atoms with van der Waals surface area (Å²) in [7, 11) is 0. The second-order valence-corrected chi connectivity index (χ2v) is 4.82. The molecule has 2 aromatic rings. The van der Waals surface area contributed by atoms with E-state index in [-0.39, 0.29) is 5.82 Å². The lowest BCUT2D eigenvalue weighted by atomic mass is 10.0. The summed E-state index contributed by atoms with van der Waals surface area (Å²) in [4.78, 5) is 0. The van der Waals surface area contributed by atoms with Crippen LogP contribution in [0.1, 0.15) is 31.1 Å². The Morgan fingerprint density at radius 1 is 1.15 bits per heavy atom. The van der Waals surface area contributed by atoms with Crippen LogP contribution in [0.5, 0.6) is 5.75 Å². The minimum Gasteiger partial charge on any atom is -0.488 e. The first kappa shape index (κ1) is 14.5. The summed E-state index contributed by atoms with van der Waals surface area (Å²) in [5.74, 6) is 0.0678. The first-order chi connectivity index (χ1) is 9.60. The van der Waals surface area contributed by atoms with Crippen molar-refractivity contribution < 1.29 is 14.2 Å². The van der Waals surface area contributed by atoms with Gasteiger partial charge < -0.3 is 9.84 Å². The van der Waals surface area contributed by atoms with Crippen LogP contribution in [-0.4, -0.2) is 11.2 Å². The first-order valence-corrected chi connectivity index (χ1v) is 6.79. The van der Waals surface area contributed by atoms with Crippen LogP contribution in [0.2, 0.25) is 0 Å². The molecule has 20 heavy (non-hydrogen) atoms. The Bertz CT molecular complexity index is 551. The van der Waals surface area contributed by atoms with Crippen molar-refractivity contribution in [1.82, 2.24) is 0 Å². The Morgan fingerprint density at radius 2 is 1.85 bits per heavy atom. The molecule has 0 aromatic heterocycles. The predicted octanol–water partition coefficient (Wildman–Crippen LogP) is 3.89. The molecule has 2 aromatic carbocycles. The Labute approximate surface area is 118 Å². The van der Waals surface area contributed by atoms with Crippen molar-refractivity contribution in [2.45, 2.75) is 32.5 Å². The highest BCUT2D eigenvalue weighted by atomic mass is 19.1. The lowest BCUT2D eigenvalue weighted by molar-refractivity contribution is 0.0466. The zero-order chi connectivity index (χ0) is 14.5. The second kappa shape index (κ2) is 6.53. The van der Waals surface area contributed by atoms with E-state index in [2.05, 4.69) is 6.92 Å². The van der Waals surface area contributed by atoms with E-state index in [1.54, 1.807) is 19.1 Å². The Morgan fingerprint density at radius 3 is 2.45 bits per heavy atom. The molecule has 0 saturated carbocycles. The average molecular weight is 274 g/mol. The van der Waals surface area contributed by atoms with Crippen LogP contribution in [0.25, 0.3) is 0 Å². The fourth-order valence-corrected chi connectivity index (χ4v) is 2.04. The number of rotatable bonds is 5. The summed E-state index contributed by atoms with van der Waals surface area (Å²) >= 11 is 0. The zero-order valence-electron chi connectivity index (χ0n) is 11.7. The van der Waals surface area contributed by atoms with Crippen molar-refractivity contribution in [2.24, 2.45) is 0 Å². The Kier molecular flexibility index (Phi) is 4.74. The summed E-state index contributed by atoms with van der Waals surface area (Å²) in [6.45, 7) is 3.85. The van der Waals surface area contributed by atoms with E-state index in [1.165, 1.54) is 17.7 Å². The van der Waals surface area contributed by atoms with Gasteiger partial charge in [0.25, 0.3) is 0 Å². The Hall–Kier alpha value is -1.87. The molecule has 2 unspecified atom stereocenters. The fourth-order valence-electron chi connectivity index (χ4n) is 2.04. The lowest BCUT2D eigenvalue weighted by Gasteiger charge is -2.21. The van der Waals surface area contributed by atoms with Gasteiger partial charge >= 0.3 is 0 Å². The summed E-state index contributed by atoms with van der Waals surface area (Å²) in [5.41, 5.74) is 2.02. The van der Waals surface area contributed by atoms with Gasteiger partial charge in [-0.1, -0.05) is 37.3 Å². The molecule has 0 spiro atoms. The third-order valence-electron chi connectivity index (χ3n) is 3.29. The quantitative estimate of drug-likeness (QED) is 0.896. The number of hydrogen-bond acceptors (Lipinski definition) is 2. The van der Waals surface area contributed by atoms with E-state index in [0.29, 0.717) is 5.75 Å². The molecular formula is C17H19FO2. The van der Waals surface area contributed by atoms with E-state index < -0.39 is 12.2 Å². The van der Waals surface area contributed by atoms with E-state index >= 15 is 0 Å². The minimum atomic E-state index is -0.746. The van der Waals surface area contributed by atoms with Crippen LogP contribution in [0.15, 0.2) is 48.5 Å². The molecule has 3 heteroatoms. The summed E-state index contributed by atoms with van der Waals surface area (Å²) in [6, 6.07) is 13.7. The first-order valence-electron chi connectivity index (χ1n) is 6.79. The van der Waals surface area contributed by atoms with Crippen molar-refractivity contribution in [3.8, 4) is 5.75 Å². The van der Waals surface area contributed by atoms with Crippen LogP contribution >= 0.6 is 0 Å². The maximum absolute atomic E-state index is 13.1.